The van der Waals surface area contributed by atoms with Crippen LogP contribution < -0.4 is 5.32 Å². The van der Waals surface area contributed by atoms with Gasteiger partial charge in [0, 0.05) is 43.7 Å². The summed E-state index contributed by atoms with van der Waals surface area (Å²) in [7, 11) is 0. The van der Waals surface area contributed by atoms with Crippen molar-refractivity contribution in [3.63, 3.8) is 0 Å². The second-order valence-electron chi connectivity index (χ2n) is 6.87. The van der Waals surface area contributed by atoms with Crippen LogP contribution in [0.25, 0.3) is 10.9 Å². The number of rotatable bonds is 5. The first-order chi connectivity index (χ1) is 13.3. The van der Waals surface area contributed by atoms with Crippen LogP contribution in [-0.4, -0.2) is 27.0 Å². The predicted octanol–water partition coefficient (Wildman–Crippen LogP) is 3.24. The van der Waals surface area contributed by atoms with Crippen molar-refractivity contribution in [1.29, 1.82) is 0 Å². The second kappa shape index (κ2) is 7.88. The Bertz CT molecular complexity index is 937. The number of aromatic nitrogens is 3. The molecule has 1 amide bonds. The number of ether oxygens (including phenoxy) is 1. The van der Waals surface area contributed by atoms with Crippen LogP contribution in [-0.2, 0) is 22.6 Å². The molecule has 1 N–H and O–H groups in total. The topological polar surface area (TPSA) is 69.0 Å². The molecule has 2 aromatic heterocycles. The lowest BCUT2D eigenvalue weighted by Gasteiger charge is -2.30. The van der Waals surface area contributed by atoms with Crippen molar-refractivity contribution in [1.82, 2.24) is 19.9 Å². The van der Waals surface area contributed by atoms with Crippen molar-refractivity contribution < 1.29 is 9.53 Å². The van der Waals surface area contributed by atoms with Gasteiger partial charge in [-0.2, -0.15) is 0 Å². The highest BCUT2D eigenvalue weighted by atomic mass is 16.5. The van der Waals surface area contributed by atoms with Crippen molar-refractivity contribution in [2.75, 3.05) is 6.61 Å². The largest absolute Gasteiger partial charge is 0.369 e. The molecule has 1 fully saturated rings. The quantitative estimate of drug-likeness (QED) is 0.755. The Hall–Kier alpha value is -2.73. The molecule has 1 aromatic carbocycles. The van der Waals surface area contributed by atoms with E-state index >= 15 is 0 Å². The van der Waals surface area contributed by atoms with Crippen molar-refractivity contribution in [2.24, 2.45) is 5.92 Å². The number of imidazole rings is 1. The van der Waals surface area contributed by atoms with Gasteiger partial charge in [0.25, 0.3) is 0 Å². The summed E-state index contributed by atoms with van der Waals surface area (Å²) in [4.78, 5) is 21.8. The Morgan fingerprint density at radius 2 is 2.22 bits per heavy atom. The Balaban J connectivity index is 1.47. The third kappa shape index (κ3) is 3.71. The van der Waals surface area contributed by atoms with Gasteiger partial charge < -0.3 is 14.6 Å². The summed E-state index contributed by atoms with van der Waals surface area (Å²) in [6.45, 7) is 4.00. The average Bonchev–Trinajstić information content (AvgIpc) is 3.20. The number of fused-ring (bicyclic) bond motifs is 1. The molecule has 0 unspecified atom stereocenters. The first-order valence-corrected chi connectivity index (χ1v) is 9.50. The van der Waals surface area contributed by atoms with E-state index in [0.29, 0.717) is 13.2 Å². The third-order valence-electron chi connectivity index (χ3n) is 5.12. The SMILES string of the molecule is CCn1ccnc1[C@@H]1OCCC[C@H]1C(=O)NCc1cnc2ccccc2c1. The average molecular weight is 364 g/mol. The zero-order chi connectivity index (χ0) is 18.6. The van der Waals surface area contributed by atoms with E-state index in [1.54, 1.807) is 6.20 Å². The van der Waals surface area contributed by atoms with E-state index in [9.17, 15) is 4.79 Å². The number of nitrogens with one attached hydrogen (secondary N) is 1. The molecule has 2 atom stereocenters. The maximum Gasteiger partial charge on any atom is 0.226 e. The molecule has 6 heteroatoms. The fourth-order valence-corrected chi connectivity index (χ4v) is 3.68. The van der Waals surface area contributed by atoms with Gasteiger partial charge >= 0.3 is 0 Å². The summed E-state index contributed by atoms with van der Waals surface area (Å²) in [5, 5.41) is 4.14. The van der Waals surface area contributed by atoms with Gasteiger partial charge in [-0.05, 0) is 37.5 Å². The molecule has 4 rings (SSSR count). The molecule has 0 saturated carbocycles. The normalized spacial score (nSPS) is 19.9. The number of carbonyl (C=O) groups is 1. The van der Waals surface area contributed by atoms with E-state index in [2.05, 4.69) is 28.3 Å². The maximum absolute atomic E-state index is 12.9. The molecule has 27 heavy (non-hydrogen) atoms. The highest BCUT2D eigenvalue weighted by Gasteiger charge is 2.35. The van der Waals surface area contributed by atoms with Gasteiger partial charge in [-0.3, -0.25) is 9.78 Å². The lowest BCUT2D eigenvalue weighted by Crippen LogP contribution is -2.38. The summed E-state index contributed by atoms with van der Waals surface area (Å²) in [5.41, 5.74) is 1.95. The highest BCUT2D eigenvalue weighted by molar-refractivity contribution is 5.80. The molecule has 1 aliphatic rings. The fourth-order valence-electron chi connectivity index (χ4n) is 3.68. The van der Waals surface area contributed by atoms with Crippen LogP contribution in [0, 0.1) is 5.92 Å². The number of pyridine rings is 1. The third-order valence-corrected chi connectivity index (χ3v) is 5.12. The number of benzene rings is 1. The highest BCUT2D eigenvalue weighted by Crippen LogP contribution is 2.33. The number of para-hydroxylation sites is 1. The Kier molecular flexibility index (Phi) is 5.16. The van der Waals surface area contributed by atoms with Crippen molar-refractivity contribution >= 4 is 16.8 Å². The summed E-state index contributed by atoms with van der Waals surface area (Å²) < 4.78 is 8.00. The van der Waals surface area contributed by atoms with E-state index < -0.39 is 0 Å². The molecular weight excluding hydrogens is 340 g/mol. The molecule has 0 bridgehead atoms. The van der Waals surface area contributed by atoms with Crippen LogP contribution in [0.4, 0.5) is 0 Å². The van der Waals surface area contributed by atoms with Gasteiger partial charge in [-0.1, -0.05) is 18.2 Å². The van der Waals surface area contributed by atoms with Gasteiger partial charge in [0.2, 0.25) is 5.91 Å². The van der Waals surface area contributed by atoms with Gasteiger partial charge in [-0.15, -0.1) is 0 Å². The number of hydrogen-bond acceptors (Lipinski definition) is 4. The summed E-state index contributed by atoms with van der Waals surface area (Å²) in [5.74, 6) is 0.628. The smallest absolute Gasteiger partial charge is 0.226 e. The Morgan fingerprint density at radius 1 is 1.33 bits per heavy atom. The minimum atomic E-state index is -0.288. The maximum atomic E-state index is 12.9. The van der Waals surface area contributed by atoms with Gasteiger partial charge in [-0.25, -0.2) is 4.98 Å². The summed E-state index contributed by atoms with van der Waals surface area (Å²) >= 11 is 0. The van der Waals surface area contributed by atoms with Crippen LogP contribution in [0.5, 0.6) is 0 Å². The molecule has 3 heterocycles. The van der Waals surface area contributed by atoms with Crippen LogP contribution in [0.2, 0.25) is 0 Å². The van der Waals surface area contributed by atoms with Crippen LogP contribution in [0.3, 0.4) is 0 Å². The van der Waals surface area contributed by atoms with Crippen molar-refractivity contribution in [3.8, 4) is 0 Å². The monoisotopic (exact) mass is 364 g/mol. The Morgan fingerprint density at radius 3 is 3.11 bits per heavy atom. The van der Waals surface area contributed by atoms with Gasteiger partial charge in [0.1, 0.15) is 11.9 Å². The first kappa shape index (κ1) is 17.7. The summed E-state index contributed by atoms with van der Waals surface area (Å²) in [6, 6.07) is 10.0. The second-order valence-corrected chi connectivity index (χ2v) is 6.87. The van der Waals surface area contributed by atoms with Crippen LogP contribution >= 0.6 is 0 Å². The lowest BCUT2D eigenvalue weighted by molar-refractivity contribution is -0.135. The standard InChI is InChI=1S/C21H24N4O2/c1-2-25-10-9-22-20(25)19-17(7-5-11-27-19)21(26)24-14-15-12-16-6-3-4-8-18(16)23-13-15/h3-4,6,8-10,12-13,17,19H,2,5,7,11,14H2,1H3,(H,24,26)/t17-,19-/m1/s1. The van der Waals surface area contributed by atoms with Crippen LogP contribution in [0.1, 0.15) is 37.3 Å². The molecule has 140 valence electrons. The minimum Gasteiger partial charge on any atom is -0.369 e. The number of carbonyl (C=O) groups excluding carboxylic acids is 1. The molecule has 6 nitrogen and oxygen atoms in total. The van der Waals surface area contributed by atoms with E-state index in [0.717, 1.165) is 41.7 Å². The minimum absolute atomic E-state index is 0.0125. The first-order valence-electron chi connectivity index (χ1n) is 9.50. The number of amides is 1. The molecule has 0 spiro atoms. The molecule has 0 aliphatic carbocycles. The number of hydrogen-bond donors (Lipinski definition) is 1. The van der Waals surface area contributed by atoms with Crippen molar-refractivity contribution in [3.05, 3.63) is 60.3 Å². The van der Waals surface area contributed by atoms with Crippen molar-refractivity contribution in [2.45, 2.75) is 39.0 Å². The number of nitrogens with zero attached hydrogens (tertiary/aromatic N) is 3. The van der Waals surface area contributed by atoms with E-state index in [-0.39, 0.29) is 17.9 Å². The molecule has 3 aromatic rings. The van der Waals surface area contributed by atoms with E-state index in [1.165, 1.54) is 0 Å². The van der Waals surface area contributed by atoms with E-state index in [4.69, 9.17) is 4.74 Å². The van der Waals surface area contributed by atoms with E-state index in [1.807, 2.05) is 41.2 Å². The Labute approximate surface area is 158 Å². The zero-order valence-corrected chi connectivity index (χ0v) is 15.5. The zero-order valence-electron chi connectivity index (χ0n) is 15.5. The molecular formula is C21H24N4O2. The number of aryl methyl sites for hydroxylation is 1. The predicted molar refractivity (Wildman–Crippen MR) is 103 cm³/mol. The molecule has 0 radical (unpaired) electrons. The molecule has 1 saturated heterocycles. The summed E-state index contributed by atoms with van der Waals surface area (Å²) in [6.07, 6.45) is 6.93. The lowest BCUT2D eigenvalue weighted by atomic mass is 9.92. The van der Waals surface area contributed by atoms with Crippen LogP contribution in [0.15, 0.2) is 48.9 Å². The van der Waals surface area contributed by atoms with Gasteiger partial charge in [0.05, 0.1) is 11.4 Å². The molecule has 1 aliphatic heterocycles. The van der Waals surface area contributed by atoms with Gasteiger partial charge in [0.15, 0.2) is 0 Å². The fraction of sp³-hybridized carbons (Fsp3) is 0.381.